The highest BCUT2D eigenvalue weighted by Crippen LogP contribution is 2.38. The number of ether oxygens (including phenoxy) is 3. The van der Waals surface area contributed by atoms with Gasteiger partial charge in [-0.2, -0.15) is 0 Å². The molecule has 9 heteroatoms. The van der Waals surface area contributed by atoms with Crippen LogP contribution in [0.5, 0.6) is 11.5 Å². The summed E-state index contributed by atoms with van der Waals surface area (Å²) in [6, 6.07) is 2.64. The summed E-state index contributed by atoms with van der Waals surface area (Å²) in [5.74, 6) is -0.556. The minimum Gasteiger partial charge on any atom is -0.454 e. The average molecular weight is 364 g/mol. The first-order valence-corrected chi connectivity index (χ1v) is 8.13. The van der Waals surface area contributed by atoms with E-state index in [1.165, 1.54) is 18.2 Å². The van der Waals surface area contributed by atoms with Crippen molar-refractivity contribution in [2.24, 2.45) is 0 Å². The molecule has 9 nitrogen and oxygen atoms in total. The maximum absolute atomic E-state index is 11.7. The second kappa shape index (κ2) is 8.84. The van der Waals surface area contributed by atoms with Crippen LogP contribution in [0.2, 0.25) is 0 Å². The lowest BCUT2D eigenvalue weighted by Crippen LogP contribution is -2.35. The van der Waals surface area contributed by atoms with E-state index in [1.807, 2.05) is 13.8 Å². The summed E-state index contributed by atoms with van der Waals surface area (Å²) in [7, 11) is 0. The van der Waals surface area contributed by atoms with Gasteiger partial charge in [-0.15, -0.1) is 0 Å². The Morgan fingerprint density at radius 1 is 1.38 bits per heavy atom. The first-order valence-electron chi connectivity index (χ1n) is 8.13. The fraction of sp³-hybridized carbons (Fsp3) is 0.412. The molecule has 2 rings (SSSR count). The highest BCUT2D eigenvalue weighted by atomic mass is 16.7. The van der Waals surface area contributed by atoms with E-state index in [2.05, 4.69) is 5.32 Å². The largest absolute Gasteiger partial charge is 0.454 e. The van der Waals surface area contributed by atoms with Crippen LogP contribution in [0.25, 0.3) is 6.08 Å². The predicted octanol–water partition coefficient (Wildman–Crippen LogP) is 2.18. The van der Waals surface area contributed by atoms with Gasteiger partial charge in [0.25, 0.3) is 11.6 Å². The van der Waals surface area contributed by atoms with Crippen LogP contribution >= 0.6 is 0 Å². The maximum Gasteiger partial charge on any atom is 0.331 e. The molecule has 1 heterocycles. The Hall–Kier alpha value is -3.10. The highest BCUT2D eigenvalue weighted by molar-refractivity contribution is 5.90. The molecule has 0 aromatic heterocycles. The number of rotatable bonds is 8. The zero-order valence-corrected chi connectivity index (χ0v) is 14.5. The Morgan fingerprint density at radius 2 is 2.08 bits per heavy atom. The van der Waals surface area contributed by atoms with Gasteiger partial charge in [0, 0.05) is 12.1 Å². The van der Waals surface area contributed by atoms with Gasteiger partial charge in [0.1, 0.15) is 0 Å². The number of amides is 1. The Bertz CT molecular complexity index is 730. The molecule has 1 aromatic rings. The van der Waals surface area contributed by atoms with Crippen LogP contribution in [0.1, 0.15) is 32.3 Å². The van der Waals surface area contributed by atoms with Gasteiger partial charge in [-0.1, -0.05) is 13.3 Å². The Balaban J connectivity index is 1.96. The number of fused-ring (bicyclic) bond motifs is 1. The first-order chi connectivity index (χ1) is 12.4. The summed E-state index contributed by atoms with van der Waals surface area (Å²) in [6.45, 7) is 3.43. The van der Waals surface area contributed by atoms with Crippen LogP contribution in [-0.4, -0.2) is 36.2 Å². The van der Waals surface area contributed by atoms with Crippen LogP contribution in [0.4, 0.5) is 5.69 Å². The van der Waals surface area contributed by atoms with Gasteiger partial charge in [0.2, 0.25) is 6.79 Å². The van der Waals surface area contributed by atoms with E-state index < -0.39 is 23.4 Å². The van der Waals surface area contributed by atoms with E-state index in [0.717, 1.165) is 18.9 Å². The monoisotopic (exact) mass is 364 g/mol. The molecular weight excluding hydrogens is 344 g/mol. The number of nitrogens with zero attached hydrogens (tertiary/aromatic N) is 1. The van der Waals surface area contributed by atoms with Crippen molar-refractivity contribution in [3.05, 3.63) is 33.9 Å². The topological polar surface area (TPSA) is 117 Å². The van der Waals surface area contributed by atoms with Crippen molar-refractivity contribution >= 4 is 23.6 Å². The number of nitro groups is 1. The summed E-state index contributed by atoms with van der Waals surface area (Å²) >= 11 is 0. The summed E-state index contributed by atoms with van der Waals surface area (Å²) in [5.41, 5.74) is -0.0679. The first kappa shape index (κ1) is 19.2. The van der Waals surface area contributed by atoms with E-state index in [0.29, 0.717) is 5.75 Å². The average Bonchev–Trinajstić information content (AvgIpc) is 3.04. The van der Waals surface area contributed by atoms with E-state index in [1.54, 1.807) is 0 Å². The Kier molecular flexibility index (Phi) is 6.54. The van der Waals surface area contributed by atoms with Crippen LogP contribution < -0.4 is 14.8 Å². The zero-order chi connectivity index (χ0) is 19.1. The quantitative estimate of drug-likeness (QED) is 0.325. The minimum atomic E-state index is -0.782. The van der Waals surface area contributed by atoms with Crippen molar-refractivity contribution in [1.82, 2.24) is 5.32 Å². The molecule has 0 radical (unpaired) electrons. The van der Waals surface area contributed by atoms with E-state index in [-0.39, 0.29) is 29.8 Å². The van der Waals surface area contributed by atoms with Crippen molar-refractivity contribution in [2.75, 3.05) is 13.4 Å². The van der Waals surface area contributed by atoms with Gasteiger partial charge in [-0.25, -0.2) is 4.79 Å². The van der Waals surface area contributed by atoms with Gasteiger partial charge in [-0.3, -0.25) is 14.9 Å². The van der Waals surface area contributed by atoms with Gasteiger partial charge in [0.15, 0.2) is 18.1 Å². The SMILES string of the molecule is CCC[C@H](C)NC(=O)COC(=O)/C=C/c1cc2c(cc1[N+](=O)[O-])OCO2. The van der Waals surface area contributed by atoms with Gasteiger partial charge < -0.3 is 19.5 Å². The van der Waals surface area contributed by atoms with Crippen LogP contribution in [-0.2, 0) is 14.3 Å². The molecule has 1 amide bonds. The number of nitro benzene ring substituents is 1. The third-order valence-electron chi connectivity index (χ3n) is 3.59. The van der Waals surface area contributed by atoms with Crippen molar-refractivity contribution < 1.29 is 28.7 Å². The molecular formula is C17H20N2O7. The third kappa shape index (κ3) is 5.20. The zero-order valence-electron chi connectivity index (χ0n) is 14.5. The van der Waals surface area contributed by atoms with Crippen LogP contribution in [0.3, 0.4) is 0 Å². The molecule has 0 spiro atoms. The molecule has 0 saturated heterocycles. The van der Waals surface area contributed by atoms with Gasteiger partial charge in [0.05, 0.1) is 16.6 Å². The number of hydrogen-bond acceptors (Lipinski definition) is 7. The molecule has 1 aliphatic heterocycles. The van der Waals surface area contributed by atoms with Crippen LogP contribution in [0.15, 0.2) is 18.2 Å². The summed E-state index contributed by atoms with van der Waals surface area (Å²) < 4.78 is 15.1. The summed E-state index contributed by atoms with van der Waals surface area (Å²) in [6.07, 6.45) is 4.01. The molecule has 0 unspecified atom stereocenters. The van der Waals surface area contributed by atoms with Crippen molar-refractivity contribution in [2.45, 2.75) is 32.7 Å². The number of benzene rings is 1. The second-order valence-corrected chi connectivity index (χ2v) is 5.72. The Labute approximate surface area is 150 Å². The smallest absolute Gasteiger partial charge is 0.331 e. The third-order valence-corrected chi connectivity index (χ3v) is 3.59. The normalized spacial score (nSPS) is 13.5. The predicted molar refractivity (Wildman–Crippen MR) is 91.7 cm³/mol. The number of esters is 1. The number of nitrogens with one attached hydrogen (secondary N) is 1. The fourth-order valence-electron chi connectivity index (χ4n) is 2.40. The van der Waals surface area contributed by atoms with Crippen molar-refractivity contribution in [1.29, 1.82) is 0 Å². The molecule has 1 aliphatic rings. The van der Waals surface area contributed by atoms with Crippen molar-refractivity contribution in [3.63, 3.8) is 0 Å². The lowest BCUT2D eigenvalue weighted by molar-refractivity contribution is -0.385. The lowest BCUT2D eigenvalue weighted by Gasteiger charge is -2.12. The molecule has 0 saturated carbocycles. The molecule has 26 heavy (non-hydrogen) atoms. The lowest BCUT2D eigenvalue weighted by atomic mass is 10.1. The molecule has 1 atom stereocenters. The standard InChI is InChI=1S/C17H20N2O7/c1-3-4-11(2)18-16(20)9-24-17(21)6-5-12-7-14-15(26-10-25-14)8-13(12)19(22)23/h5-8,11H,3-4,9-10H2,1-2H3,(H,18,20)/b6-5+/t11-/m0/s1. The fourth-order valence-corrected chi connectivity index (χ4v) is 2.40. The highest BCUT2D eigenvalue weighted by Gasteiger charge is 2.22. The molecule has 0 aliphatic carbocycles. The number of hydrogen-bond donors (Lipinski definition) is 1. The van der Waals surface area contributed by atoms with E-state index in [9.17, 15) is 19.7 Å². The molecule has 1 aromatic carbocycles. The molecule has 0 fully saturated rings. The maximum atomic E-state index is 11.7. The summed E-state index contributed by atoms with van der Waals surface area (Å²) in [5, 5.41) is 13.8. The van der Waals surface area contributed by atoms with E-state index >= 15 is 0 Å². The van der Waals surface area contributed by atoms with Gasteiger partial charge >= 0.3 is 5.97 Å². The van der Waals surface area contributed by atoms with Crippen molar-refractivity contribution in [3.8, 4) is 11.5 Å². The Morgan fingerprint density at radius 3 is 2.73 bits per heavy atom. The number of carbonyl (C=O) groups is 2. The molecule has 0 bridgehead atoms. The second-order valence-electron chi connectivity index (χ2n) is 5.72. The van der Waals surface area contributed by atoms with E-state index in [4.69, 9.17) is 14.2 Å². The van der Waals surface area contributed by atoms with Crippen LogP contribution in [0, 0.1) is 10.1 Å². The number of carbonyl (C=O) groups excluding carboxylic acids is 2. The molecule has 140 valence electrons. The molecule has 1 N–H and O–H groups in total. The van der Waals surface area contributed by atoms with Gasteiger partial charge in [-0.05, 0) is 25.5 Å². The summed E-state index contributed by atoms with van der Waals surface area (Å²) in [4.78, 5) is 33.9. The minimum absolute atomic E-state index is 0.00183.